The highest BCUT2D eigenvalue weighted by molar-refractivity contribution is 5.93. The molecule has 1 aliphatic rings. The van der Waals surface area contributed by atoms with Gasteiger partial charge in [0, 0.05) is 25.5 Å². The van der Waals surface area contributed by atoms with Crippen molar-refractivity contribution < 1.29 is 14.6 Å². The van der Waals surface area contributed by atoms with Crippen molar-refractivity contribution in [3.05, 3.63) is 41.3 Å². The highest BCUT2D eigenvalue weighted by Gasteiger charge is 2.20. The Balaban J connectivity index is 1.66. The molecule has 0 saturated heterocycles. The molecule has 10 heteroatoms. The van der Waals surface area contributed by atoms with Crippen LogP contribution < -0.4 is 9.47 Å². The van der Waals surface area contributed by atoms with Gasteiger partial charge in [0.25, 0.3) is 0 Å². The van der Waals surface area contributed by atoms with E-state index >= 15 is 0 Å². The second kappa shape index (κ2) is 9.32. The van der Waals surface area contributed by atoms with Crippen LogP contribution in [0.3, 0.4) is 0 Å². The van der Waals surface area contributed by atoms with Crippen molar-refractivity contribution in [1.29, 1.82) is 0 Å². The third-order valence-corrected chi connectivity index (χ3v) is 5.98. The highest BCUT2D eigenvalue weighted by Crippen LogP contribution is 2.33. The first kappa shape index (κ1) is 22.2. The number of likely N-dealkylation sites (N-methyl/N-ethyl adjacent to an activating group) is 1. The Morgan fingerprint density at radius 2 is 2.12 bits per heavy atom. The van der Waals surface area contributed by atoms with Gasteiger partial charge in [-0.1, -0.05) is 6.07 Å². The average molecular weight is 464 g/mol. The fourth-order valence-electron chi connectivity index (χ4n) is 4.26. The van der Waals surface area contributed by atoms with Crippen LogP contribution in [-0.4, -0.2) is 73.2 Å². The first-order chi connectivity index (χ1) is 16.6. The maximum Gasteiger partial charge on any atom is 0.240 e. The highest BCUT2D eigenvalue weighted by atomic mass is 16.5. The van der Waals surface area contributed by atoms with Crippen molar-refractivity contribution in [3.8, 4) is 22.9 Å². The molecular formula is C24H29N7O3. The minimum absolute atomic E-state index is 0.00649. The van der Waals surface area contributed by atoms with Gasteiger partial charge in [-0.15, -0.1) is 5.10 Å². The molecule has 0 unspecified atom stereocenters. The first-order valence-corrected chi connectivity index (χ1v) is 11.4. The number of aliphatic hydroxyl groups is 1. The van der Waals surface area contributed by atoms with Gasteiger partial charge in [0.05, 0.1) is 54.0 Å². The van der Waals surface area contributed by atoms with E-state index in [0.29, 0.717) is 38.7 Å². The minimum atomic E-state index is -0.00649. The molecular weight excluding hydrogens is 434 g/mol. The smallest absolute Gasteiger partial charge is 0.240 e. The predicted octanol–water partition coefficient (Wildman–Crippen LogP) is 2.55. The van der Waals surface area contributed by atoms with E-state index in [1.165, 1.54) is 0 Å². The van der Waals surface area contributed by atoms with E-state index < -0.39 is 0 Å². The molecule has 10 nitrogen and oxygen atoms in total. The maximum atomic E-state index is 9.61. The number of nitrogens with one attached hydrogen (secondary N) is 1. The Labute approximate surface area is 197 Å². The lowest BCUT2D eigenvalue weighted by molar-refractivity contribution is 0.215. The SMILES string of the molecule is CCOc1nn(CCO)c2c1/C=C/c1[nH]nc3ccc(cc13)-c1cnn(C)c1OCCN(C)C2. The number of rotatable bonds is 4. The summed E-state index contributed by atoms with van der Waals surface area (Å²) in [6.45, 7) is 4.64. The number of aryl methyl sites for hydroxylation is 1. The lowest BCUT2D eigenvalue weighted by atomic mass is 10.1. The number of benzene rings is 1. The summed E-state index contributed by atoms with van der Waals surface area (Å²) in [5, 5.41) is 27.3. The van der Waals surface area contributed by atoms with Crippen molar-refractivity contribution in [2.75, 3.05) is 33.4 Å². The molecule has 0 fully saturated rings. The van der Waals surface area contributed by atoms with Crippen molar-refractivity contribution in [1.82, 2.24) is 34.7 Å². The Morgan fingerprint density at radius 3 is 2.94 bits per heavy atom. The molecule has 0 amide bonds. The molecule has 4 heterocycles. The zero-order valence-corrected chi connectivity index (χ0v) is 19.7. The van der Waals surface area contributed by atoms with E-state index in [-0.39, 0.29) is 6.61 Å². The molecule has 0 atom stereocenters. The molecule has 3 aromatic heterocycles. The van der Waals surface area contributed by atoms with Crippen LogP contribution in [0.2, 0.25) is 0 Å². The average Bonchev–Trinajstić information content (AvgIpc) is 3.49. The molecule has 4 aromatic rings. The molecule has 2 bridgehead atoms. The van der Waals surface area contributed by atoms with Crippen LogP contribution in [0.25, 0.3) is 34.2 Å². The van der Waals surface area contributed by atoms with Crippen LogP contribution in [0.5, 0.6) is 11.8 Å². The summed E-state index contributed by atoms with van der Waals surface area (Å²) in [6, 6.07) is 6.14. The van der Waals surface area contributed by atoms with E-state index in [1.807, 2.05) is 56.2 Å². The number of aromatic nitrogens is 6. The standard InChI is InChI=1S/C24H29N7O3/c1-4-33-23-17-6-8-21-18-13-16(5-7-20(18)26-27-21)19-14-25-30(3)24(19)34-12-10-29(2)15-22(17)31(28-23)9-11-32/h5-8,13-14,32H,4,9-12,15H2,1-3H3,(H,26,27)/b8-6+. The van der Waals surface area contributed by atoms with Crippen LogP contribution in [0.15, 0.2) is 24.4 Å². The third-order valence-electron chi connectivity index (χ3n) is 5.98. The minimum Gasteiger partial charge on any atom is -0.476 e. The van der Waals surface area contributed by atoms with E-state index in [9.17, 15) is 5.11 Å². The summed E-state index contributed by atoms with van der Waals surface area (Å²) in [5.41, 5.74) is 5.58. The van der Waals surface area contributed by atoms with Gasteiger partial charge < -0.3 is 14.6 Å². The van der Waals surface area contributed by atoms with Crippen molar-refractivity contribution in [3.63, 3.8) is 0 Å². The maximum absolute atomic E-state index is 9.61. The number of hydrogen-bond acceptors (Lipinski definition) is 7. The molecule has 0 spiro atoms. The van der Waals surface area contributed by atoms with Crippen molar-refractivity contribution in [2.45, 2.75) is 20.0 Å². The van der Waals surface area contributed by atoms with E-state index in [4.69, 9.17) is 9.47 Å². The van der Waals surface area contributed by atoms with E-state index in [0.717, 1.165) is 44.9 Å². The lowest BCUT2D eigenvalue weighted by Crippen LogP contribution is -2.26. The van der Waals surface area contributed by atoms with Crippen LogP contribution in [0, 0.1) is 0 Å². The Kier molecular flexibility index (Phi) is 6.08. The van der Waals surface area contributed by atoms with Crippen molar-refractivity contribution >= 4 is 23.1 Å². The van der Waals surface area contributed by atoms with Gasteiger partial charge in [0.2, 0.25) is 11.8 Å². The number of hydrogen-bond donors (Lipinski definition) is 2. The van der Waals surface area contributed by atoms with E-state index in [2.05, 4.69) is 31.4 Å². The topological polar surface area (TPSA) is 106 Å². The summed E-state index contributed by atoms with van der Waals surface area (Å²) in [5.74, 6) is 1.28. The molecule has 2 N–H and O–H groups in total. The Bertz CT molecular complexity index is 1330. The molecule has 0 aliphatic carbocycles. The number of nitrogens with zero attached hydrogens (tertiary/aromatic N) is 6. The Hall–Kier alpha value is -3.63. The Morgan fingerprint density at radius 1 is 1.24 bits per heavy atom. The van der Waals surface area contributed by atoms with Gasteiger partial charge in [-0.05, 0) is 43.8 Å². The summed E-state index contributed by atoms with van der Waals surface area (Å²) >= 11 is 0. The number of aliphatic hydroxyl groups excluding tert-OH is 1. The third kappa shape index (κ3) is 4.06. The normalized spacial score (nSPS) is 15.4. The van der Waals surface area contributed by atoms with Gasteiger partial charge in [-0.2, -0.15) is 10.2 Å². The van der Waals surface area contributed by atoms with Crippen LogP contribution in [0.4, 0.5) is 0 Å². The summed E-state index contributed by atoms with van der Waals surface area (Å²) in [4.78, 5) is 2.17. The quantitative estimate of drug-likeness (QED) is 0.479. The van der Waals surface area contributed by atoms with E-state index in [1.54, 1.807) is 4.68 Å². The first-order valence-electron chi connectivity index (χ1n) is 11.4. The van der Waals surface area contributed by atoms with Gasteiger partial charge in [-0.25, -0.2) is 4.68 Å². The summed E-state index contributed by atoms with van der Waals surface area (Å²) in [6.07, 6.45) is 5.85. The zero-order valence-electron chi connectivity index (χ0n) is 19.7. The second-order valence-electron chi connectivity index (χ2n) is 8.32. The van der Waals surface area contributed by atoms with Crippen LogP contribution >= 0.6 is 0 Å². The fraction of sp³-hybridized carbons (Fsp3) is 0.375. The molecule has 1 aromatic carbocycles. The summed E-state index contributed by atoms with van der Waals surface area (Å²) in [7, 11) is 3.92. The van der Waals surface area contributed by atoms with Gasteiger partial charge in [0.15, 0.2) is 0 Å². The molecule has 0 saturated carbocycles. The molecule has 178 valence electrons. The van der Waals surface area contributed by atoms with Crippen LogP contribution in [-0.2, 0) is 20.1 Å². The number of ether oxygens (including phenoxy) is 2. The molecule has 0 radical (unpaired) electrons. The van der Waals surface area contributed by atoms with Crippen molar-refractivity contribution in [2.24, 2.45) is 7.05 Å². The second-order valence-corrected chi connectivity index (χ2v) is 8.32. The zero-order chi connectivity index (χ0) is 23.7. The fourth-order valence-corrected chi connectivity index (χ4v) is 4.26. The van der Waals surface area contributed by atoms with Gasteiger partial charge in [-0.3, -0.25) is 14.7 Å². The summed E-state index contributed by atoms with van der Waals surface area (Å²) < 4.78 is 15.6. The number of H-pyrrole nitrogens is 1. The molecule has 34 heavy (non-hydrogen) atoms. The van der Waals surface area contributed by atoms with Gasteiger partial charge >= 0.3 is 0 Å². The predicted molar refractivity (Wildman–Crippen MR) is 130 cm³/mol. The van der Waals surface area contributed by atoms with Gasteiger partial charge in [0.1, 0.15) is 6.61 Å². The largest absolute Gasteiger partial charge is 0.476 e. The molecule has 5 rings (SSSR count). The monoisotopic (exact) mass is 463 g/mol. The van der Waals surface area contributed by atoms with Crippen LogP contribution in [0.1, 0.15) is 23.9 Å². The molecule has 1 aliphatic heterocycles. The lowest BCUT2D eigenvalue weighted by Gasteiger charge is -2.18. The number of aromatic amines is 1. The number of fused-ring (bicyclic) bond motifs is 4.